The fourth-order valence-electron chi connectivity index (χ4n) is 2.16. The number of aromatic nitrogens is 4. The number of hydrogen-bond acceptors (Lipinski definition) is 4. The second kappa shape index (κ2) is 4.72. The molecule has 0 bridgehead atoms. The summed E-state index contributed by atoms with van der Waals surface area (Å²) in [6, 6.07) is 1.86. The van der Waals surface area contributed by atoms with E-state index in [0.717, 1.165) is 14.7 Å². The van der Waals surface area contributed by atoms with E-state index < -0.39 is 12.0 Å². The lowest BCUT2D eigenvalue weighted by atomic mass is 10.3. The maximum absolute atomic E-state index is 12.7. The molecule has 3 rings (SSSR count). The minimum Gasteiger partial charge on any atom is -0.361 e. The van der Waals surface area contributed by atoms with Gasteiger partial charge in [-0.15, -0.1) is 10.2 Å². The predicted octanol–water partition coefficient (Wildman–Crippen LogP) is 2.47. The molecule has 0 aromatic carbocycles. The van der Waals surface area contributed by atoms with Crippen LogP contribution < -0.4 is 4.90 Å². The van der Waals surface area contributed by atoms with Crippen molar-refractivity contribution in [1.29, 1.82) is 0 Å². The van der Waals surface area contributed by atoms with Gasteiger partial charge in [0.1, 0.15) is 0 Å². The first-order valence-electron chi connectivity index (χ1n) is 5.80. The third-order valence-corrected chi connectivity index (χ3v) is 3.50. The van der Waals surface area contributed by atoms with E-state index >= 15 is 0 Å². The van der Waals surface area contributed by atoms with Gasteiger partial charge in [0.2, 0.25) is 5.82 Å². The van der Waals surface area contributed by atoms with Gasteiger partial charge in [-0.05, 0) is 22.0 Å². The molecule has 3 heterocycles. The molecule has 1 aliphatic heterocycles. The minimum atomic E-state index is -4.47. The highest BCUT2D eigenvalue weighted by atomic mass is 79.9. The van der Waals surface area contributed by atoms with E-state index in [1.165, 1.54) is 0 Å². The highest BCUT2D eigenvalue weighted by Crippen LogP contribution is 2.30. The van der Waals surface area contributed by atoms with E-state index in [2.05, 4.69) is 31.1 Å². The van der Waals surface area contributed by atoms with Gasteiger partial charge in [-0.25, -0.2) is 0 Å². The van der Waals surface area contributed by atoms with Crippen LogP contribution in [0.3, 0.4) is 0 Å². The molecule has 2 aromatic heterocycles. The largest absolute Gasteiger partial charge is 0.451 e. The summed E-state index contributed by atoms with van der Waals surface area (Å²) >= 11 is 3.32. The Morgan fingerprint density at radius 1 is 1.15 bits per heavy atom. The molecule has 1 aliphatic rings. The van der Waals surface area contributed by atoms with Crippen molar-refractivity contribution in [2.75, 3.05) is 11.4 Å². The Labute approximate surface area is 120 Å². The first-order valence-corrected chi connectivity index (χ1v) is 6.59. The lowest BCUT2D eigenvalue weighted by molar-refractivity contribution is -0.147. The standard InChI is InChI=1S/C11H9BrF3N5/c12-7-3-8(5-16-4-7)19-1-2-20-9(6-19)17-18-10(20)11(13,14)15/h3-5H,1-2,6H2. The summed E-state index contributed by atoms with van der Waals surface area (Å²) in [7, 11) is 0. The van der Waals surface area contributed by atoms with Crippen molar-refractivity contribution in [1.82, 2.24) is 19.7 Å². The molecule has 0 aliphatic carbocycles. The summed E-state index contributed by atoms with van der Waals surface area (Å²) < 4.78 is 40.1. The SMILES string of the molecule is FC(F)(F)c1nnc2n1CCN(c1cncc(Br)c1)C2. The maximum atomic E-state index is 12.7. The van der Waals surface area contributed by atoms with Crippen molar-refractivity contribution in [2.24, 2.45) is 0 Å². The summed E-state index contributed by atoms with van der Waals surface area (Å²) in [5, 5.41) is 6.89. The fraction of sp³-hybridized carbons (Fsp3) is 0.364. The van der Waals surface area contributed by atoms with Crippen molar-refractivity contribution in [3.63, 3.8) is 0 Å². The molecule has 0 N–H and O–H groups in total. The number of hydrogen-bond donors (Lipinski definition) is 0. The third kappa shape index (κ3) is 2.37. The van der Waals surface area contributed by atoms with Gasteiger partial charge in [0, 0.05) is 23.8 Å². The van der Waals surface area contributed by atoms with Gasteiger partial charge in [0.25, 0.3) is 0 Å². The lowest BCUT2D eigenvalue weighted by Gasteiger charge is -2.29. The monoisotopic (exact) mass is 347 g/mol. The van der Waals surface area contributed by atoms with Crippen LogP contribution in [0, 0.1) is 0 Å². The van der Waals surface area contributed by atoms with Crippen LogP contribution >= 0.6 is 15.9 Å². The highest BCUT2D eigenvalue weighted by Gasteiger charge is 2.39. The Balaban J connectivity index is 1.88. The van der Waals surface area contributed by atoms with E-state index in [9.17, 15) is 13.2 Å². The van der Waals surface area contributed by atoms with Crippen molar-refractivity contribution in [3.8, 4) is 0 Å². The number of rotatable bonds is 1. The Bertz CT molecular complexity index is 639. The molecule has 0 spiro atoms. The third-order valence-electron chi connectivity index (χ3n) is 3.06. The van der Waals surface area contributed by atoms with Crippen LogP contribution in [0.4, 0.5) is 18.9 Å². The molecule has 5 nitrogen and oxygen atoms in total. The van der Waals surface area contributed by atoms with Gasteiger partial charge in [0.05, 0.1) is 18.4 Å². The van der Waals surface area contributed by atoms with E-state index in [1.807, 2.05) is 11.0 Å². The smallest absolute Gasteiger partial charge is 0.361 e. The van der Waals surface area contributed by atoms with Crippen LogP contribution in [0.5, 0.6) is 0 Å². The summed E-state index contributed by atoms with van der Waals surface area (Å²) in [5.74, 6) is -0.622. The number of anilines is 1. The lowest BCUT2D eigenvalue weighted by Crippen LogP contribution is -2.35. The van der Waals surface area contributed by atoms with Gasteiger partial charge in [-0.2, -0.15) is 13.2 Å². The molecular formula is C11H9BrF3N5. The van der Waals surface area contributed by atoms with Crippen LogP contribution in [0.2, 0.25) is 0 Å². The number of fused-ring (bicyclic) bond motifs is 1. The van der Waals surface area contributed by atoms with Crippen LogP contribution in [-0.4, -0.2) is 26.3 Å². The van der Waals surface area contributed by atoms with E-state index in [-0.39, 0.29) is 13.1 Å². The number of alkyl halides is 3. The normalized spacial score (nSPS) is 15.3. The second-order valence-corrected chi connectivity index (χ2v) is 5.29. The molecule has 0 radical (unpaired) electrons. The van der Waals surface area contributed by atoms with Crippen molar-refractivity contribution in [2.45, 2.75) is 19.3 Å². The topological polar surface area (TPSA) is 46.8 Å². The number of nitrogens with zero attached hydrogens (tertiary/aromatic N) is 5. The summed E-state index contributed by atoms with van der Waals surface area (Å²) in [4.78, 5) is 5.97. The summed E-state index contributed by atoms with van der Waals surface area (Å²) in [5.41, 5.74) is 0.835. The van der Waals surface area contributed by atoms with Crippen molar-refractivity contribution >= 4 is 21.6 Å². The van der Waals surface area contributed by atoms with Crippen LogP contribution in [0.1, 0.15) is 11.6 Å². The van der Waals surface area contributed by atoms with E-state index in [0.29, 0.717) is 12.4 Å². The molecule has 0 saturated heterocycles. The fourth-order valence-corrected chi connectivity index (χ4v) is 2.51. The Hall–Kier alpha value is -1.64. The second-order valence-electron chi connectivity index (χ2n) is 4.37. The Morgan fingerprint density at radius 2 is 1.95 bits per heavy atom. The van der Waals surface area contributed by atoms with Crippen LogP contribution in [0.25, 0.3) is 0 Å². The summed E-state index contributed by atoms with van der Waals surface area (Å²) in [6.07, 6.45) is -1.15. The van der Waals surface area contributed by atoms with Gasteiger partial charge in [0.15, 0.2) is 5.82 Å². The van der Waals surface area contributed by atoms with E-state index in [4.69, 9.17) is 0 Å². The minimum absolute atomic E-state index is 0.198. The molecule has 0 atom stereocenters. The zero-order valence-corrected chi connectivity index (χ0v) is 11.7. The molecule has 9 heteroatoms. The quantitative estimate of drug-likeness (QED) is 0.795. The first kappa shape index (κ1) is 13.3. The van der Waals surface area contributed by atoms with E-state index in [1.54, 1.807) is 12.4 Å². The average molecular weight is 348 g/mol. The van der Waals surface area contributed by atoms with Gasteiger partial charge >= 0.3 is 6.18 Å². The molecule has 20 heavy (non-hydrogen) atoms. The van der Waals surface area contributed by atoms with Gasteiger partial charge in [-0.1, -0.05) is 0 Å². The number of pyridine rings is 1. The van der Waals surface area contributed by atoms with Crippen LogP contribution in [-0.2, 0) is 19.3 Å². The molecule has 0 amide bonds. The molecule has 0 saturated carbocycles. The zero-order chi connectivity index (χ0) is 14.3. The zero-order valence-electron chi connectivity index (χ0n) is 10.1. The molecule has 0 unspecified atom stereocenters. The summed E-state index contributed by atoms with van der Waals surface area (Å²) in [6.45, 7) is 0.928. The average Bonchev–Trinajstić information content (AvgIpc) is 2.81. The van der Waals surface area contributed by atoms with Gasteiger partial charge in [-0.3, -0.25) is 4.98 Å². The van der Waals surface area contributed by atoms with Crippen molar-refractivity contribution in [3.05, 3.63) is 34.6 Å². The molecular weight excluding hydrogens is 339 g/mol. The molecule has 106 valence electrons. The van der Waals surface area contributed by atoms with Gasteiger partial charge < -0.3 is 9.47 Å². The Morgan fingerprint density at radius 3 is 2.65 bits per heavy atom. The maximum Gasteiger partial charge on any atom is 0.451 e. The first-order chi connectivity index (χ1) is 9.45. The number of halogens is 4. The highest BCUT2D eigenvalue weighted by molar-refractivity contribution is 9.10. The van der Waals surface area contributed by atoms with Crippen molar-refractivity contribution < 1.29 is 13.2 Å². The molecule has 2 aromatic rings. The predicted molar refractivity (Wildman–Crippen MR) is 68.0 cm³/mol. The van der Waals surface area contributed by atoms with Crippen LogP contribution in [0.15, 0.2) is 22.9 Å². The Kier molecular flexibility index (Phi) is 3.15. The molecule has 0 fully saturated rings.